The smallest absolute Gasteiger partial charge is 0.416 e. The summed E-state index contributed by atoms with van der Waals surface area (Å²) < 4.78 is 65.8. The summed E-state index contributed by atoms with van der Waals surface area (Å²) in [6.45, 7) is 0. The second-order valence-electron chi connectivity index (χ2n) is 9.47. The van der Waals surface area contributed by atoms with Gasteiger partial charge in [-0.05, 0) is 65.9 Å². The van der Waals surface area contributed by atoms with Crippen LogP contribution in [0.5, 0.6) is 0 Å². The van der Waals surface area contributed by atoms with Gasteiger partial charge in [0.2, 0.25) is 0 Å². The van der Waals surface area contributed by atoms with Crippen molar-refractivity contribution in [1.82, 2.24) is 0 Å². The van der Waals surface area contributed by atoms with Crippen LogP contribution in [-0.4, -0.2) is 25.3 Å². The fourth-order valence-corrected chi connectivity index (χ4v) is 5.32. The van der Waals surface area contributed by atoms with E-state index in [2.05, 4.69) is 4.72 Å². The number of aryl methyl sites for hydroxylation is 1. The first-order valence-corrected chi connectivity index (χ1v) is 14.1. The number of halogens is 3. The molecule has 0 amide bonds. The Kier molecular flexibility index (Phi) is 8.92. The maximum atomic E-state index is 12.8. The molecule has 212 valence electrons. The minimum atomic E-state index is -4.57. The number of rotatable bonds is 11. The van der Waals surface area contributed by atoms with Crippen LogP contribution < -0.4 is 4.72 Å². The van der Waals surface area contributed by atoms with Crippen LogP contribution in [0.2, 0.25) is 0 Å². The summed E-state index contributed by atoms with van der Waals surface area (Å²) in [5.41, 5.74) is 2.15. The average molecular weight is 582 g/mol. The number of Topliss-reactive ketones (excluding diaryl/α,β-unsaturated/α-hetero) is 1. The van der Waals surface area contributed by atoms with E-state index in [1.807, 2.05) is 30.3 Å². The number of aliphatic carboxylic acids is 1. The summed E-state index contributed by atoms with van der Waals surface area (Å²) >= 11 is 0. The molecule has 4 aromatic rings. The van der Waals surface area contributed by atoms with Crippen molar-refractivity contribution >= 4 is 27.5 Å². The summed E-state index contributed by atoms with van der Waals surface area (Å²) in [4.78, 5) is 24.2. The van der Waals surface area contributed by atoms with Crippen LogP contribution in [0, 0.1) is 5.92 Å². The largest absolute Gasteiger partial charge is 0.481 e. The van der Waals surface area contributed by atoms with E-state index in [1.54, 1.807) is 36.4 Å². The second kappa shape index (κ2) is 12.4. The fourth-order valence-electron chi connectivity index (χ4n) is 4.26. The lowest BCUT2D eigenvalue weighted by molar-refractivity contribution is -0.142. The molecular formula is C31H26F3NO5S. The quantitative estimate of drug-likeness (QED) is 0.184. The summed E-state index contributed by atoms with van der Waals surface area (Å²) in [6.07, 6.45) is -3.78. The molecule has 41 heavy (non-hydrogen) atoms. The zero-order valence-corrected chi connectivity index (χ0v) is 22.5. The van der Waals surface area contributed by atoms with Gasteiger partial charge in [-0.1, -0.05) is 66.7 Å². The standard InChI is InChI=1S/C31H26F3NO5S/c32-31(33,34)26-14-18-28(19-15-26)41(39,40)35-27-16-12-23(13-17-27)22-8-10-24(11-9-22)29(36)20-25(30(37)38)7-6-21-4-2-1-3-5-21/h1-5,8-19,25,35H,6-7,20H2,(H,37,38). The number of sulfonamides is 1. The third-order valence-corrected chi connectivity index (χ3v) is 7.97. The van der Waals surface area contributed by atoms with Crippen molar-refractivity contribution in [2.45, 2.75) is 30.3 Å². The van der Waals surface area contributed by atoms with Gasteiger partial charge in [-0.25, -0.2) is 8.42 Å². The minimum absolute atomic E-state index is 0.116. The number of nitrogens with one attached hydrogen (secondary N) is 1. The van der Waals surface area contributed by atoms with Crippen molar-refractivity contribution in [1.29, 1.82) is 0 Å². The van der Waals surface area contributed by atoms with Gasteiger partial charge in [0, 0.05) is 17.7 Å². The molecule has 0 radical (unpaired) electrons. The molecule has 1 unspecified atom stereocenters. The highest BCUT2D eigenvalue weighted by molar-refractivity contribution is 7.92. The lowest BCUT2D eigenvalue weighted by Crippen LogP contribution is -2.19. The number of carboxylic acids is 1. The van der Waals surface area contributed by atoms with Crippen molar-refractivity contribution in [2.24, 2.45) is 5.92 Å². The molecule has 4 aromatic carbocycles. The molecule has 0 saturated carbocycles. The van der Waals surface area contributed by atoms with Gasteiger partial charge in [-0.2, -0.15) is 13.2 Å². The Hall–Kier alpha value is -4.44. The summed E-state index contributed by atoms with van der Waals surface area (Å²) in [6, 6.07) is 25.7. The van der Waals surface area contributed by atoms with Gasteiger partial charge in [-0.15, -0.1) is 0 Å². The lowest BCUT2D eigenvalue weighted by Gasteiger charge is -2.12. The lowest BCUT2D eigenvalue weighted by atomic mass is 9.92. The number of hydrogen-bond donors (Lipinski definition) is 2. The van der Waals surface area contributed by atoms with Gasteiger partial charge in [0.05, 0.1) is 16.4 Å². The molecule has 10 heteroatoms. The predicted octanol–water partition coefficient (Wildman–Crippen LogP) is 7.08. The van der Waals surface area contributed by atoms with Crippen LogP contribution in [0.15, 0.2) is 108 Å². The highest BCUT2D eigenvalue weighted by Gasteiger charge is 2.30. The molecule has 4 rings (SSSR count). The Bertz CT molecular complexity index is 1600. The minimum Gasteiger partial charge on any atom is -0.481 e. The van der Waals surface area contributed by atoms with Gasteiger partial charge in [0.25, 0.3) is 10.0 Å². The maximum absolute atomic E-state index is 12.8. The molecule has 1 atom stereocenters. The van der Waals surface area contributed by atoms with E-state index in [-0.39, 0.29) is 22.8 Å². The molecule has 0 spiro atoms. The van der Waals surface area contributed by atoms with E-state index in [9.17, 15) is 36.3 Å². The van der Waals surface area contributed by atoms with Crippen LogP contribution >= 0.6 is 0 Å². The number of alkyl halides is 3. The van der Waals surface area contributed by atoms with Gasteiger partial charge >= 0.3 is 12.1 Å². The Morgan fingerprint density at radius 1 is 0.780 bits per heavy atom. The number of ketones is 1. The number of carboxylic acid groups (broad SMARTS) is 1. The maximum Gasteiger partial charge on any atom is 0.416 e. The number of anilines is 1. The first-order valence-electron chi connectivity index (χ1n) is 12.6. The van der Waals surface area contributed by atoms with E-state index in [1.165, 1.54) is 12.1 Å². The van der Waals surface area contributed by atoms with Crippen LogP contribution in [-0.2, 0) is 27.4 Å². The van der Waals surface area contributed by atoms with Crippen molar-refractivity contribution < 1.29 is 36.3 Å². The van der Waals surface area contributed by atoms with Crippen molar-refractivity contribution in [3.05, 3.63) is 120 Å². The second-order valence-corrected chi connectivity index (χ2v) is 11.2. The number of carbonyl (C=O) groups excluding carboxylic acids is 1. The Labute approximate surface area is 235 Å². The summed E-state index contributed by atoms with van der Waals surface area (Å²) in [7, 11) is -4.10. The van der Waals surface area contributed by atoms with Crippen molar-refractivity contribution in [2.75, 3.05) is 4.72 Å². The third kappa shape index (κ3) is 7.82. The Balaban J connectivity index is 1.38. The third-order valence-electron chi connectivity index (χ3n) is 6.57. The SMILES string of the molecule is O=C(CC(CCc1ccccc1)C(=O)O)c1ccc(-c2ccc(NS(=O)(=O)c3ccc(C(F)(F)F)cc3)cc2)cc1. The molecule has 0 aliphatic rings. The fraction of sp³-hybridized carbons (Fsp3) is 0.161. The van der Waals surface area contributed by atoms with E-state index >= 15 is 0 Å². The van der Waals surface area contributed by atoms with Crippen LogP contribution in [0.25, 0.3) is 11.1 Å². The number of carbonyl (C=O) groups is 2. The molecule has 0 fully saturated rings. The van der Waals surface area contributed by atoms with E-state index in [4.69, 9.17) is 0 Å². The molecule has 0 aliphatic heterocycles. The van der Waals surface area contributed by atoms with Crippen LogP contribution in [0.4, 0.5) is 18.9 Å². The highest BCUT2D eigenvalue weighted by atomic mass is 32.2. The molecule has 0 bridgehead atoms. The Morgan fingerprint density at radius 2 is 1.34 bits per heavy atom. The molecule has 0 aromatic heterocycles. The van der Waals surface area contributed by atoms with Crippen molar-refractivity contribution in [3.63, 3.8) is 0 Å². The summed E-state index contributed by atoms with van der Waals surface area (Å²) in [5.74, 6) is -2.09. The average Bonchev–Trinajstić information content (AvgIpc) is 2.95. The molecule has 0 heterocycles. The summed E-state index contributed by atoms with van der Waals surface area (Å²) in [5, 5.41) is 9.60. The Morgan fingerprint density at radius 3 is 1.88 bits per heavy atom. The van der Waals surface area contributed by atoms with E-state index < -0.39 is 33.7 Å². The van der Waals surface area contributed by atoms with Gasteiger partial charge in [-0.3, -0.25) is 14.3 Å². The highest BCUT2D eigenvalue weighted by Crippen LogP contribution is 2.30. The van der Waals surface area contributed by atoms with Gasteiger partial charge in [0.1, 0.15) is 0 Å². The molecular weight excluding hydrogens is 555 g/mol. The predicted molar refractivity (Wildman–Crippen MR) is 149 cm³/mol. The number of hydrogen-bond acceptors (Lipinski definition) is 4. The monoisotopic (exact) mass is 581 g/mol. The topological polar surface area (TPSA) is 101 Å². The van der Waals surface area contributed by atoms with Crippen LogP contribution in [0.3, 0.4) is 0 Å². The molecule has 6 nitrogen and oxygen atoms in total. The number of benzene rings is 4. The van der Waals surface area contributed by atoms with Gasteiger partial charge in [0.15, 0.2) is 5.78 Å². The normalized spacial score (nSPS) is 12.5. The van der Waals surface area contributed by atoms with Gasteiger partial charge < -0.3 is 5.11 Å². The molecule has 0 aliphatic carbocycles. The van der Waals surface area contributed by atoms with Crippen LogP contribution in [0.1, 0.15) is 34.3 Å². The molecule has 0 saturated heterocycles. The van der Waals surface area contributed by atoms with E-state index in [0.717, 1.165) is 28.8 Å². The zero-order chi connectivity index (χ0) is 29.6. The zero-order valence-electron chi connectivity index (χ0n) is 21.6. The van der Waals surface area contributed by atoms with E-state index in [0.29, 0.717) is 30.5 Å². The van der Waals surface area contributed by atoms with Crippen molar-refractivity contribution in [3.8, 4) is 11.1 Å². The first kappa shape index (κ1) is 29.5. The first-order chi connectivity index (χ1) is 19.4. The molecule has 2 N–H and O–H groups in total.